The fourth-order valence-electron chi connectivity index (χ4n) is 4.39. The topological polar surface area (TPSA) is 88.9 Å². The van der Waals surface area contributed by atoms with Crippen molar-refractivity contribution in [3.05, 3.63) is 107 Å². The molecular weight excluding hydrogens is 414 g/mol. The highest BCUT2D eigenvalue weighted by atomic mass is 16.2. The van der Waals surface area contributed by atoms with Crippen LogP contribution in [0.15, 0.2) is 79.1 Å². The Hall–Kier alpha value is -4.26. The zero-order chi connectivity index (χ0) is 22.9. The molecule has 0 saturated carbocycles. The van der Waals surface area contributed by atoms with Crippen LogP contribution in [0.4, 0.5) is 5.82 Å². The summed E-state index contributed by atoms with van der Waals surface area (Å²) in [4.78, 5) is 30.6. The number of fused-ring (bicyclic) bond motifs is 1. The number of carbonyl (C=O) groups excluding carboxylic acids is 2. The van der Waals surface area contributed by atoms with E-state index in [9.17, 15) is 9.59 Å². The minimum absolute atomic E-state index is 0.289. The molecular formula is C26H23N5O2. The van der Waals surface area contributed by atoms with Crippen molar-refractivity contribution < 1.29 is 9.59 Å². The summed E-state index contributed by atoms with van der Waals surface area (Å²) in [5.74, 6) is -0.383. The number of amides is 2. The van der Waals surface area contributed by atoms with Crippen LogP contribution in [-0.4, -0.2) is 32.6 Å². The van der Waals surface area contributed by atoms with Crippen LogP contribution in [0.25, 0.3) is 5.69 Å². The predicted octanol–water partition coefficient (Wildman–Crippen LogP) is 3.77. The maximum Gasteiger partial charge on any atom is 0.251 e. The van der Waals surface area contributed by atoms with Crippen molar-refractivity contribution >= 4 is 17.6 Å². The van der Waals surface area contributed by atoms with E-state index >= 15 is 0 Å². The Balaban J connectivity index is 1.61. The Bertz CT molecular complexity index is 1330. The largest absolute Gasteiger partial charge is 0.339 e. The Morgan fingerprint density at radius 2 is 1.76 bits per heavy atom. The number of benzene rings is 2. The van der Waals surface area contributed by atoms with Gasteiger partial charge >= 0.3 is 0 Å². The number of pyridine rings is 1. The third kappa shape index (κ3) is 3.78. The maximum atomic E-state index is 13.4. The summed E-state index contributed by atoms with van der Waals surface area (Å²) in [6, 6.07) is 19.9. The van der Waals surface area contributed by atoms with Crippen LogP contribution in [0.1, 0.15) is 38.7 Å². The summed E-state index contributed by atoms with van der Waals surface area (Å²) in [5, 5.41) is 10.7. The number of nitrogens with zero attached hydrogens (tertiary/aromatic N) is 3. The number of nitrogens with one attached hydrogen (secondary N) is 2. The quantitative estimate of drug-likeness (QED) is 0.509. The number of hydrogen-bond acceptors (Lipinski definition) is 4. The average Bonchev–Trinajstić information content (AvgIpc) is 3.16. The van der Waals surface area contributed by atoms with Crippen LogP contribution in [-0.2, 0) is 4.79 Å². The molecule has 33 heavy (non-hydrogen) atoms. The van der Waals surface area contributed by atoms with Gasteiger partial charge in [0, 0.05) is 29.4 Å². The molecule has 0 aliphatic carbocycles. The second kappa shape index (κ2) is 8.35. The first-order chi connectivity index (χ1) is 16.0. The molecule has 7 heteroatoms. The van der Waals surface area contributed by atoms with Crippen LogP contribution >= 0.6 is 0 Å². The molecule has 5 rings (SSSR count). The lowest BCUT2D eigenvalue weighted by molar-refractivity contribution is -0.118. The van der Waals surface area contributed by atoms with Gasteiger partial charge in [-0.15, -0.1) is 0 Å². The third-order valence-electron chi connectivity index (χ3n) is 5.91. The fraction of sp³-hybridized carbons (Fsp3) is 0.154. The molecule has 1 aliphatic rings. The van der Waals surface area contributed by atoms with Crippen molar-refractivity contribution in [3.8, 4) is 5.69 Å². The highest BCUT2D eigenvalue weighted by molar-refractivity contribution is 6.04. The molecule has 0 spiro atoms. The molecule has 0 saturated heterocycles. The molecule has 7 nitrogen and oxygen atoms in total. The molecule has 2 N–H and O–H groups in total. The highest BCUT2D eigenvalue weighted by Crippen LogP contribution is 2.40. The molecule has 3 heterocycles. The first-order valence-electron chi connectivity index (χ1n) is 10.8. The van der Waals surface area contributed by atoms with Gasteiger partial charge in [0.25, 0.3) is 5.91 Å². The monoisotopic (exact) mass is 437 g/mol. The van der Waals surface area contributed by atoms with Gasteiger partial charge in [0.05, 0.1) is 11.4 Å². The van der Waals surface area contributed by atoms with Gasteiger partial charge in [-0.2, -0.15) is 5.10 Å². The van der Waals surface area contributed by atoms with Gasteiger partial charge in [-0.25, -0.2) is 4.68 Å². The van der Waals surface area contributed by atoms with Crippen LogP contribution in [0, 0.1) is 13.8 Å². The van der Waals surface area contributed by atoms with Crippen molar-refractivity contribution in [2.45, 2.75) is 25.8 Å². The fourth-order valence-corrected chi connectivity index (χ4v) is 4.39. The van der Waals surface area contributed by atoms with Crippen LogP contribution in [0.5, 0.6) is 0 Å². The zero-order valence-electron chi connectivity index (χ0n) is 18.3. The summed E-state index contributed by atoms with van der Waals surface area (Å²) >= 11 is 0. The van der Waals surface area contributed by atoms with Crippen molar-refractivity contribution in [2.75, 3.05) is 5.32 Å². The molecule has 0 bridgehead atoms. The van der Waals surface area contributed by atoms with Crippen LogP contribution < -0.4 is 10.6 Å². The highest BCUT2D eigenvalue weighted by Gasteiger charge is 2.41. The lowest BCUT2D eigenvalue weighted by Gasteiger charge is -2.32. The number of rotatable bonds is 4. The average molecular weight is 438 g/mol. The van der Waals surface area contributed by atoms with E-state index < -0.39 is 12.0 Å². The maximum absolute atomic E-state index is 13.4. The number of aromatic nitrogens is 3. The van der Waals surface area contributed by atoms with E-state index in [1.807, 2.05) is 74.5 Å². The van der Waals surface area contributed by atoms with Crippen LogP contribution in [0.2, 0.25) is 0 Å². The van der Waals surface area contributed by atoms with E-state index in [1.165, 1.54) is 0 Å². The number of carbonyl (C=O) groups is 2. The van der Waals surface area contributed by atoms with E-state index in [0.717, 1.165) is 28.1 Å². The molecule has 4 aromatic rings. The second-order valence-corrected chi connectivity index (χ2v) is 8.16. The smallest absolute Gasteiger partial charge is 0.251 e. The van der Waals surface area contributed by atoms with Crippen molar-refractivity contribution in [3.63, 3.8) is 0 Å². The van der Waals surface area contributed by atoms with E-state index in [4.69, 9.17) is 5.10 Å². The molecule has 2 aromatic heterocycles. The lowest BCUT2D eigenvalue weighted by Crippen LogP contribution is -2.50. The van der Waals surface area contributed by atoms with Gasteiger partial charge in [-0.3, -0.25) is 14.6 Å². The third-order valence-corrected chi connectivity index (χ3v) is 5.91. The van der Waals surface area contributed by atoms with E-state index in [-0.39, 0.29) is 11.8 Å². The van der Waals surface area contributed by atoms with Gasteiger partial charge in [-0.1, -0.05) is 35.9 Å². The summed E-state index contributed by atoms with van der Waals surface area (Å²) in [7, 11) is 0. The van der Waals surface area contributed by atoms with E-state index in [2.05, 4.69) is 15.6 Å². The molecule has 0 unspecified atom stereocenters. The second-order valence-electron chi connectivity index (χ2n) is 8.16. The Morgan fingerprint density at radius 3 is 2.48 bits per heavy atom. The van der Waals surface area contributed by atoms with Crippen molar-refractivity contribution in [1.29, 1.82) is 0 Å². The predicted molar refractivity (Wildman–Crippen MR) is 125 cm³/mol. The SMILES string of the molecule is Cc1cccc(C(=O)N[C@@H]2C(=O)Nc3c(c(C)nn3-c3ccccc3)[C@H]2c2ccncc2)c1. The minimum atomic E-state index is -0.806. The van der Waals surface area contributed by atoms with Gasteiger partial charge in [0.1, 0.15) is 11.9 Å². The van der Waals surface area contributed by atoms with Crippen molar-refractivity contribution in [2.24, 2.45) is 0 Å². The summed E-state index contributed by atoms with van der Waals surface area (Å²) in [5.41, 5.74) is 4.87. The zero-order valence-corrected chi connectivity index (χ0v) is 18.3. The van der Waals surface area contributed by atoms with Gasteiger partial charge < -0.3 is 10.6 Å². The number of hydrogen-bond donors (Lipinski definition) is 2. The van der Waals surface area contributed by atoms with E-state index in [0.29, 0.717) is 11.4 Å². The number of para-hydroxylation sites is 1. The Kier molecular flexibility index (Phi) is 5.22. The number of aryl methyl sites for hydroxylation is 2. The number of anilines is 1. The molecule has 2 aromatic carbocycles. The van der Waals surface area contributed by atoms with Gasteiger partial charge in [0.15, 0.2) is 0 Å². The Labute approximate surface area is 191 Å². The molecule has 0 fully saturated rings. The van der Waals surface area contributed by atoms with E-state index in [1.54, 1.807) is 23.1 Å². The minimum Gasteiger partial charge on any atom is -0.339 e. The van der Waals surface area contributed by atoms with Crippen molar-refractivity contribution in [1.82, 2.24) is 20.1 Å². The van der Waals surface area contributed by atoms with Crippen LogP contribution in [0.3, 0.4) is 0 Å². The summed E-state index contributed by atoms with van der Waals surface area (Å²) < 4.78 is 1.75. The standard InChI is InChI=1S/C26H23N5O2/c1-16-7-6-8-19(15-16)25(32)28-23-22(18-11-13-27-14-12-18)21-17(2)30-31(24(21)29-26(23)33)20-9-4-3-5-10-20/h3-15,22-23H,1-2H3,(H,28,32)(H,29,33)/t22-,23+/m1/s1. The van der Waals surface area contributed by atoms with Gasteiger partial charge in [-0.05, 0) is 55.8 Å². The molecule has 2 amide bonds. The first-order valence-corrected chi connectivity index (χ1v) is 10.8. The molecule has 0 radical (unpaired) electrons. The van der Waals surface area contributed by atoms with Gasteiger partial charge in [0.2, 0.25) is 5.91 Å². The first kappa shape index (κ1) is 20.6. The molecule has 1 aliphatic heterocycles. The summed E-state index contributed by atoms with van der Waals surface area (Å²) in [6.45, 7) is 3.85. The molecule has 164 valence electrons. The lowest BCUT2D eigenvalue weighted by atomic mass is 9.82. The Morgan fingerprint density at radius 1 is 1.00 bits per heavy atom. The molecule has 2 atom stereocenters. The summed E-state index contributed by atoms with van der Waals surface area (Å²) in [6.07, 6.45) is 3.38. The normalized spacial score (nSPS) is 17.2.